The lowest BCUT2D eigenvalue weighted by Crippen LogP contribution is -2.25. The molecule has 1 aromatic carbocycles. The van der Waals surface area contributed by atoms with Crippen LogP contribution >= 0.6 is 0 Å². The van der Waals surface area contributed by atoms with Gasteiger partial charge in [0.2, 0.25) is 0 Å². The molecule has 0 radical (unpaired) electrons. The molecular formula is C17H17N3O5. The van der Waals surface area contributed by atoms with Crippen LogP contribution in [0.15, 0.2) is 41.3 Å². The Labute approximate surface area is 144 Å². The highest BCUT2D eigenvalue weighted by atomic mass is 16.6. The van der Waals surface area contributed by atoms with Crippen LogP contribution in [0.2, 0.25) is 0 Å². The normalized spacial score (nSPS) is 10.1. The molecule has 1 aromatic heterocycles. The van der Waals surface area contributed by atoms with Gasteiger partial charge in [0.05, 0.1) is 24.3 Å². The van der Waals surface area contributed by atoms with Crippen LogP contribution in [0.3, 0.4) is 0 Å². The van der Waals surface area contributed by atoms with Crippen molar-refractivity contribution in [2.75, 3.05) is 13.2 Å². The van der Waals surface area contributed by atoms with Gasteiger partial charge in [0, 0.05) is 6.07 Å². The van der Waals surface area contributed by atoms with E-state index in [1.807, 2.05) is 6.92 Å². The van der Waals surface area contributed by atoms with Gasteiger partial charge in [-0.05, 0) is 30.7 Å². The number of nitrogens with zero attached hydrogens (tertiary/aromatic N) is 3. The van der Waals surface area contributed by atoms with Gasteiger partial charge in [-0.25, -0.2) is 0 Å². The number of rotatable bonds is 8. The number of pyridine rings is 1. The maximum atomic E-state index is 12.0. The summed E-state index contributed by atoms with van der Waals surface area (Å²) in [6.07, 6.45) is 2.02. The van der Waals surface area contributed by atoms with E-state index < -0.39 is 10.5 Å². The molecule has 130 valence electrons. The zero-order valence-electron chi connectivity index (χ0n) is 13.7. The van der Waals surface area contributed by atoms with E-state index in [1.54, 1.807) is 30.3 Å². The first kappa shape index (κ1) is 18.0. The fraction of sp³-hybridized carbons (Fsp3) is 0.294. The Balaban J connectivity index is 2.02. The van der Waals surface area contributed by atoms with Crippen LogP contribution in [-0.2, 0) is 6.54 Å². The Morgan fingerprint density at radius 2 is 1.80 bits per heavy atom. The highest BCUT2D eigenvalue weighted by molar-refractivity contribution is 5.37. The van der Waals surface area contributed by atoms with Gasteiger partial charge < -0.3 is 14.0 Å². The van der Waals surface area contributed by atoms with Gasteiger partial charge in [0.15, 0.2) is 0 Å². The maximum Gasteiger partial charge on any atom is 0.287 e. The molecule has 0 spiro atoms. The van der Waals surface area contributed by atoms with Crippen molar-refractivity contribution >= 4 is 5.69 Å². The van der Waals surface area contributed by atoms with E-state index in [9.17, 15) is 14.9 Å². The van der Waals surface area contributed by atoms with Crippen molar-refractivity contribution in [1.82, 2.24) is 4.57 Å². The molecule has 0 unspecified atom stereocenters. The minimum Gasteiger partial charge on any atom is -0.494 e. The zero-order valence-corrected chi connectivity index (χ0v) is 13.7. The fourth-order valence-corrected chi connectivity index (χ4v) is 2.08. The lowest BCUT2D eigenvalue weighted by atomic mass is 10.2. The lowest BCUT2D eigenvalue weighted by Gasteiger charge is -2.09. The first-order valence-corrected chi connectivity index (χ1v) is 7.69. The summed E-state index contributed by atoms with van der Waals surface area (Å²) in [6.45, 7) is 2.87. The number of hydrogen-bond acceptors (Lipinski definition) is 6. The van der Waals surface area contributed by atoms with Gasteiger partial charge in [-0.3, -0.25) is 14.9 Å². The van der Waals surface area contributed by atoms with Gasteiger partial charge in [-0.15, -0.1) is 0 Å². The molecule has 2 rings (SSSR count). The predicted molar refractivity (Wildman–Crippen MR) is 89.8 cm³/mol. The summed E-state index contributed by atoms with van der Waals surface area (Å²) >= 11 is 0. The van der Waals surface area contributed by atoms with E-state index in [0.29, 0.717) is 12.4 Å². The van der Waals surface area contributed by atoms with Gasteiger partial charge in [-0.2, -0.15) is 5.26 Å². The minimum absolute atomic E-state index is 0.0866. The third kappa shape index (κ3) is 4.81. The number of benzene rings is 1. The van der Waals surface area contributed by atoms with Crippen molar-refractivity contribution in [2.45, 2.75) is 19.9 Å². The van der Waals surface area contributed by atoms with Crippen LogP contribution in [0.4, 0.5) is 5.69 Å². The molecule has 0 saturated carbocycles. The van der Waals surface area contributed by atoms with Gasteiger partial charge >= 0.3 is 0 Å². The number of hydrogen-bond donors (Lipinski definition) is 0. The van der Waals surface area contributed by atoms with Crippen molar-refractivity contribution in [1.29, 1.82) is 5.26 Å². The van der Waals surface area contributed by atoms with Crippen LogP contribution in [0, 0.1) is 21.4 Å². The third-order valence-corrected chi connectivity index (χ3v) is 3.30. The molecule has 0 aliphatic carbocycles. The first-order valence-electron chi connectivity index (χ1n) is 7.69. The summed E-state index contributed by atoms with van der Waals surface area (Å²) in [7, 11) is 0. The van der Waals surface area contributed by atoms with Crippen molar-refractivity contribution in [3.63, 3.8) is 0 Å². The van der Waals surface area contributed by atoms with E-state index >= 15 is 0 Å². The Bertz CT molecular complexity index is 837. The van der Waals surface area contributed by atoms with E-state index in [0.717, 1.165) is 29.0 Å². The molecule has 0 fully saturated rings. The molecule has 0 saturated heterocycles. The van der Waals surface area contributed by atoms with Crippen LogP contribution in [-0.4, -0.2) is 22.7 Å². The molecule has 25 heavy (non-hydrogen) atoms. The standard InChI is InChI=1S/C17H17N3O5/c1-2-8-24-15-3-5-16(6-4-15)25-9-7-19-12-14(20(22)23)10-13(11-18)17(19)21/h3-6,10,12H,2,7-9H2,1H3. The molecule has 0 aliphatic heterocycles. The van der Waals surface area contributed by atoms with E-state index in [-0.39, 0.29) is 24.4 Å². The zero-order chi connectivity index (χ0) is 18.2. The Hall–Kier alpha value is -3.34. The number of nitriles is 1. The summed E-state index contributed by atoms with van der Waals surface area (Å²) in [5, 5.41) is 19.8. The SMILES string of the molecule is CCCOc1ccc(OCCn2cc([N+](=O)[O-])cc(C#N)c2=O)cc1. The van der Waals surface area contributed by atoms with Crippen LogP contribution < -0.4 is 15.0 Å². The molecule has 0 aliphatic rings. The highest BCUT2D eigenvalue weighted by Gasteiger charge is 2.13. The summed E-state index contributed by atoms with van der Waals surface area (Å²) in [5.41, 5.74) is -1.17. The van der Waals surface area contributed by atoms with E-state index in [4.69, 9.17) is 14.7 Å². The summed E-state index contributed by atoms with van der Waals surface area (Å²) in [5.74, 6) is 1.32. The average Bonchev–Trinajstić information content (AvgIpc) is 2.62. The van der Waals surface area contributed by atoms with Gasteiger partial charge in [0.25, 0.3) is 11.2 Å². The van der Waals surface area contributed by atoms with Crippen LogP contribution in [0.1, 0.15) is 18.9 Å². The lowest BCUT2D eigenvalue weighted by molar-refractivity contribution is -0.385. The smallest absolute Gasteiger partial charge is 0.287 e. The topological polar surface area (TPSA) is 107 Å². The summed E-state index contributed by atoms with van der Waals surface area (Å²) < 4.78 is 12.1. The van der Waals surface area contributed by atoms with Gasteiger partial charge in [-0.1, -0.05) is 6.92 Å². The van der Waals surface area contributed by atoms with Crippen molar-refractivity contribution in [3.05, 3.63) is 62.6 Å². The molecular weight excluding hydrogens is 326 g/mol. The Morgan fingerprint density at radius 3 is 2.32 bits per heavy atom. The largest absolute Gasteiger partial charge is 0.494 e. The molecule has 2 aromatic rings. The molecule has 8 nitrogen and oxygen atoms in total. The number of ether oxygens (including phenoxy) is 2. The number of aromatic nitrogens is 1. The molecule has 8 heteroatoms. The second-order valence-electron chi connectivity index (χ2n) is 5.15. The highest BCUT2D eigenvalue weighted by Crippen LogP contribution is 2.18. The van der Waals surface area contributed by atoms with Crippen molar-refractivity contribution < 1.29 is 14.4 Å². The minimum atomic E-state index is -0.646. The van der Waals surface area contributed by atoms with Crippen molar-refractivity contribution in [3.8, 4) is 17.6 Å². The second-order valence-corrected chi connectivity index (χ2v) is 5.15. The fourth-order valence-electron chi connectivity index (χ4n) is 2.08. The third-order valence-electron chi connectivity index (χ3n) is 3.30. The Morgan fingerprint density at radius 1 is 1.20 bits per heavy atom. The van der Waals surface area contributed by atoms with Crippen LogP contribution in [0.25, 0.3) is 0 Å². The second kappa shape index (κ2) is 8.49. The van der Waals surface area contributed by atoms with Crippen molar-refractivity contribution in [2.24, 2.45) is 0 Å². The quantitative estimate of drug-likeness (QED) is 0.538. The predicted octanol–water partition coefficient (Wildman–Crippen LogP) is 2.50. The molecule has 1 heterocycles. The van der Waals surface area contributed by atoms with E-state index in [2.05, 4.69) is 0 Å². The first-order chi connectivity index (χ1) is 12.0. The average molecular weight is 343 g/mol. The Kier molecular flexibility index (Phi) is 6.12. The monoisotopic (exact) mass is 343 g/mol. The molecule has 0 N–H and O–H groups in total. The molecule has 0 atom stereocenters. The maximum absolute atomic E-state index is 12.0. The summed E-state index contributed by atoms with van der Waals surface area (Å²) in [4.78, 5) is 22.2. The van der Waals surface area contributed by atoms with Crippen LogP contribution in [0.5, 0.6) is 11.5 Å². The molecule has 0 amide bonds. The molecule has 0 bridgehead atoms. The summed E-state index contributed by atoms with van der Waals surface area (Å²) in [6, 6.07) is 9.66. The number of nitro groups is 1. The van der Waals surface area contributed by atoms with E-state index in [1.165, 1.54) is 0 Å². The van der Waals surface area contributed by atoms with Gasteiger partial charge in [0.1, 0.15) is 29.7 Å².